The largest absolute Gasteiger partial charge is 0.475 e. The van der Waals surface area contributed by atoms with Crippen molar-refractivity contribution in [3.63, 3.8) is 0 Å². The Labute approximate surface area is 305 Å². The lowest BCUT2D eigenvalue weighted by Crippen LogP contribution is -2.43. The highest BCUT2D eigenvalue weighted by atomic mass is 31.1. The lowest BCUT2D eigenvalue weighted by Gasteiger charge is -2.32. The van der Waals surface area contributed by atoms with Gasteiger partial charge in [-0.2, -0.15) is 23.1 Å². The Balaban J connectivity index is 1.45. The lowest BCUT2D eigenvalue weighted by molar-refractivity contribution is -0.137. The Kier molecular flexibility index (Phi) is 10.2. The van der Waals surface area contributed by atoms with E-state index in [1.165, 1.54) is 18.0 Å². The third kappa shape index (κ3) is 6.64. The Hall–Kier alpha value is -3.88. The van der Waals surface area contributed by atoms with Crippen LogP contribution in [0.5, 0.6) is 11.9 Å². The molecule has 20 heteroatoms. The number of fused-ring (bicyclic) bond motifs is 1. The zero-order valence-electron chi connectivity index (χ0n) is 29.6. The van der Waals surface area contributed by atoms with Gasteiger partial charge in [0.2, 0.25) is 5.88 Å². The average molecular weight is 783 g/mol. The summed E-state index contributed by atoms with van der Waals surface area (Å²) in [5.74, 6) is -2.32. The molecule has 0 aliphatic carbocycles. The van der Waals surface area contributed by atoms with Gasteiger partial charge < -0.3 is 24.1 Å². The van der Waals surface area contributed by atoms with Gasteiger partial charge in [0.05, 0.1) is 23.7 Å². The minimum atomic E-state index is -5.13. The van der Waals surface area contributed by atoms with Gasteiger partial charge in [0, 0.05) is 37.3 Å². The first-order valence-corrected chi connectivity index (χ1v) is 20.0. The number of halogens is 6. The summed E-state index contributed by atoms with van der Waals surface area (Å²) in [6.07, 6.45) is -1.30. The van der Waals surface area contributed by atoms with E-state index in [4.69, 9.17) is 14.5 Å². The number of hydrogen-bond acceptors (Lipinski definition) is 12. The highest BCUT2D eigenvalue weighted by Crippen LogP contribution is 2.47. The zero-order valence-corrected chi connectivity index (χ0v) is 31.6. The molecule has 0 aromatic carbocycles. The van der Waals surface area contributed by atoms with Crippen LogP contribution in [0.4, 0.5) is 43.8 Å². The third-order valence-electron chi connectivity index (χ3n) is 10.2. The second kappa shape index (κ2) is 14.4. The zero-order chi connectivity index (χ0) is 37.8. The number of nitrogens with zero attached hydrogens (tertiary/aromatic N) is 9. The van der Waals surface area contributed by atoms with Crippen molar-refractivity contribution in [2.45, 2.75) is 57.0 Å². The number of rotatable bonds is 10. The Bertz CT molecular complexity index is 2050. The van der Waals surface area contributed by atoms with Crippen LogP contribution in [0.2, 0.25) is 0 Å². The van der Waals surface area contributed by atoms with E-state index < -0.39 is 69.4 Å². The van der Waals surface area contributed by atoms with Crippen LogP contribution in [-0.2, 0) is 6.18 Å². The summed E-state index contributed by atoms with van der Waals surface area (Å²) in [7, 11) is 1.72. The fourth-order valence-electron chi connectivity index (χ4n) is 7.56. The maximum atomic E-state index is 17.1. The van der Waals surface area contributed by atoms with Crippen LogP contribution < -0.4 is 24.1 Å². The van der Waals surface area contributed by atoms with Crippen molar-refractivity contribution in [2.75, 3.05) is 67.9 Å². The van der Waals surface area contributed by atoms with E-state index in [1.54, 1.807) is 12.9 Å². The summed E-state index contributed by atoms with van der Waals surface area (Å²) in [6.45, 7) is 7.64. The molecule has 0 amide bonds. The van der Waals surface area contributed by atoms with Gasteiger partial charge in [-0.1, -0.05) is 0 Å². The molecule has 2 saturated heterocycles. The van der Waals surface area contributed by atoms with Crippen LogP contribution in [0.3, 0.4) is 0 Å². The number of ether oxygens (including phenoxy) is 2. The van der Waals surface area contributed by atoms with Gasteiger partial charge in [0.1, 0.15) is 59.6 Å². The molecule has 0 saturated carbocycles. The van der Waals surface area contributed by atoms with Gasteiger partial charge in [-0.05, 0) is 64.0 Å². The normalized spacial score (nSPS) is 21.1. The summed E-state index contributed by atoms with van der Waals surface area (Å²) in [6, 6.07) is -0.753. The van der Waals surface area contributed by atoms with Gasteiger partial charge in [-0.3, -0.25) is 4.90 Å². The van der Waals surface area contributed by atoms with Crippen LogP contribution in [0.1, 0.15) is 48.9 Å². The SMILES string of the molecule is CPNc1ncncc1[C@@H](C)N1CCOc2nc(-c3nc(N(C)PC)c(F)c(C)c3C(F)(F)F)c(F)c3nc(OC[C@@]45CCCN4C[C@H](F)C5)nc1c23. The van der Waals surface area contributed by atoms with Crippen LogP contribution in [0.25, 0.3) is 22.3 Å². The highest BCUT2D eigenvalue weighted by molar-refractivity contribution is 7.39. The van der Waals surface area contributed by atoms with E-state index >= 15 is 8.78 Å². The van der Waals surface area contributed by atoms with E-state index in [9.17, 15) is 17.6 Å². The fourth-order valence-corrected chi connectivity index (χ4v) is 8.36. The number of aromatic nitrogens is 6. The molecule has 4 aromatic rings. The first-order chi connectivity index (χ1) is 25.3. The molecule has 1 N–H and O–H groups in total. The molecule has 4 aromatic heterocycles. The Morgan fingerprint density at radius 2 is 1.92 bits per heavy atom. The maximum Gasteiger partial charge on any atom is 0.418 e. The van der Waals surface area contributed by atoms with E-state index in [0.717, 1.165) is 13.3 Å². The summed E-state index contributed by atoms with van der Waals surface area (Å²) in [5, 5.41) is 3.24. The predicted molar refractivity (Wildman–Crippen MR) is 193 cm³/mol. The molecule has 0 spiro atoms. The van der Waals surface area contributed by atoms with E-state index in [-0.39, 0.29) is 64.6 Å². The topological polar surface area (TPSA) is 118 Å². The lowest BCUT2D eigenvalue weighted by atomic mass is 9.95. The quantitative estimate of drug-likeness (QED) is 0.137. The van der Waals surface area contributed by atoms with Gasteiger partial charge in [-0.25, -0.2) is 33.1 Å². The summed E-state index contributed by atoms with van der Waals surface area (Å²) in [4.78, 5) is 30.0. The summed E-state index contributed by atoms with van der Waals surface area (Å²) < 4.78 is 105. The molecule has 0 radical (unpaired) electrons. The molecule has 284 valence electrons. The maximum absolute atomic E-state index is 17.1. The number of pyridine rings is 2. The van der Waals surface area contributed by atoms with E-state index in [1.807, 2.05) is 23.4 Å². The standard InChI is InChI=1S/C33H38F6N10O2P2/c1-16-21(33(37,38)39)25(42-29(22(16)35)47(3)53-5)26-23(36)24-20-28(45-31(44-24)51-14-32-7-6-8-48(32)13-18(34)11-32)49(9-10-50-30(20)43-26)17(2)19-12-40-15-41-27(19)46-52-4/h12,15,17-18,52-53H,6-11,13-14H2,1-5H3,(H,40,41,46)/t17-,18-,32+/m1/s1. The molecule has 0 bridgehead atoms. The van der Waals surface area contributed by atoms with Crippen LogP contribution >= 0.6 is 17.5 Å². The Morgan fingerprint density at radius 1 is 1.13 bits per heavy atom. The number of nitrogens with one attached hydrogen (secondary N) is 1. The molecule has 7 rings (SSSR count). The molecule has 3 aliphatic heterocycles. The smallest absolute Gasteiger partial charge is 0.418 e. The molecular weight excluding hydrogens is 744 g/mol. The van der Waals surface area contributed by atoms with Crippen molar-refractivity contribution in [1.82, 2.24) is 34.8 Å². The molecule has 3 aliphatic rings. The van der Waals surface area contributed by atoms with Gasteiger partial charge in [0.25, 0.3) is 0 Å². The van der Waals surface area contributed by atoms with Crippen molar-refractivity contribution in [2.24, 2.45) is 0 Å². The first kappa shape index (κ1) is 37.4. The number of hydrogen-bond donors (Lipinski definition) is 1. The molecule has 53 heavy (non-hydrogen) atoms. The van der Waals surface area contributed by atoms with Crippen molar-refractivity contribution >= 4 is 45.8 Å². The molecule has 5 atom stereocenters. The minimum absolute atomic E-state index is 0.00297. The third-order valence-corrected chi connectivity index (χ3v) is 11.6. The van der Waals surface area contributed by atoms with Crippen molar-refractivity contribution in [3.8, 4) is 23.3 Å². The van der Waals surface area contributed by atoms with Gasteiger partial charge in [-0.15, -0.1) is 0 Å². The van der Waals surface area contributed by atoms with Crippen LogP contribution in [0, 0.1) is 18.6 Å². The molecule has 12 nitrogen and oxygen atoms in total. The molecule has 7 heterocycles. The second-order valence-electron chi connectivity index (χ2n) is 13.3. The first-order valence-electron chi connectivity index (χ1n) is 17.0. The molecule has 2 fully saturated rings. The molecule has 2 unspecified atom stereocenters. The molecular formula is C33H38F6N10O2P2. The van der Waals surface area contributed by atoms with Gasteiger partial charge >= 0.3 is 12.2 Å². The van der Waals surface area contributed by atoms with Crippen molar-refractivity contribution in [1.29, 1.82) is 0 Å². The second-order valence-corrected chi connectivity index (χ2v) is 15.2. The van der Waals surface area contributed by atoms with Crippen LogP contribution in [-0.4, -0.2) is 99.7 Å². The highest BCUT2D eigenvalue weighted by Gasteiger charge is 2.49. The fraction of sp³-hybridized carbons (Fsp3) is 0.515. The minimum Gasteiger partial charge on any atom is -0.475 e. The van der Waals surface area contributed by atoms with E-state index in [2.05, 4.69) is 30.0 Å². The summed E-state index contributed by atoms with van der Waals surface area (Å²) >= 11 is 0. The summed E-state index contributed by atoms with van der Waals surface area (Å²) in [5.41, 5.74) is -4.29. The van der Waals surface area contributed by atoms with Crippen LogP contribution in [0.15, 0.2) is 12.5 Å². The Morgan fingerprint density at radius 3 is 2.66 bits per heavy atom. The number of alkyl halides is 4. The van der Waals surface area contributed by atoms with E-state index in [0.29, 0.717) is 33.1 Å². The van der Waals surface area contributed by atoms with Gasteiger partial charge in [0.15, 0.2) is 17.5 Å². The number of anilines is 3. The average Bonchev–Trinajstić information content (AvgIpc) is 3.58. The monoisotopic (exact) mass is 782 g/mol. The van der Waals surface area contributed by atoms with Crippen molar-refractivity contribution in [3.05, 3.63) is 40.8 Å². The predicted octanol–water partition coefficient (Wildman–Crippen LogP) is 6.69. The van der Waals surface area contributed by atoms with Crippen molar-refractivity contribution < 1.29 is 35.8 Å².